The number of hydrogen-bond acceptors (Lipinski definition) is 2. The highest BCUT2D eigenvalue weighted by atomic mass is 15.0. The van der Waals surface area contributed by atoms with Crippen LogP contribution in [0.3, 0.4) is 0 Å². The molecule has 0 N–H and O–H groups in total. The quantitative estimate of drug-likeness (QED) is 0.172. The zero-order valence-electron chi connectivity index (χ0n) is 30.4. The zero-order valence-corrected chi connectivity index (χ0v) is 30.4. The van der Waals surface area contributed by atoms with E-state index in [-0.39, 0.29) is 0 Å². The van der Waals surface area contributed by atoms with Gasteiger partial charge in [0.25, 0.3) is 0 Å². The molecule has 11 rings (SSSR count). The molecule has 0 aliphatic carbocycles. The maximum absolute atomic E-state index is 5.09. The Balaban J connectivity index is 1.09. The van der Waals surface area contributed by atoms with Crippen molar-refractivity contribution < 1.29 is 0 Å². The van der Waals surface area contributed by atoms with Gasteiger partial charge in [0.2, 0.25) is 0 Å². The number of aromatic nitrogens is 4. The first kappa shape index (κ1) is 31.9. The number of nitrogens with zero attached hydrogens (tertiary/aromatic N) is 4. The third-order valence-electron chi connectivity index (χ3n) is 10.9. The van der Waals surface area contributed by atoms with E-state index >= 15 is 0 Å². The van der Waals surface area contributed by atoms with Gasteiger partial charge in [-0.05, 0) is 54.1 Å². The highest BCUT2D eigenvalue weighted by molar-refractivity contribution is 6.20. The summed E-state index contributed by atoms with van der Waals surface area (Å²) in [6.45, 7) is 0. The molecule has 3 heterocycles. The summed E-state index contributed by atoms with van der Waals surface area (Å²) in [5, 5.41) is 4.95. The minimum absolute atomic E-state index is 0.710. The van der Waals surface area contributed by atoms with Gasteiger partial charge in [0.1, 0.15) is 0 Å². The van der Waals surface area contributed by atoms with Crippen molar-refractivity contribution in [3.63, 3.8) is 0 Å². The van der Waals surface area contributed by atoms with E-state index in [1.807, 2.05) is 24.3 Å². The molecule has 0 radical (unpaired) electrons. The van der Waals surface area contributed by atoms with E-state index in [0.717, 1.165) is 45.0 Å². The van der Waals surface area contributed by atoms with Crippen LogP contribution in [0.5, 0.6) is 0 Å². The number of para-hydroxylation sites is 4. The molecule has 0 fully saturated rings. The Morgan fingerprint density at radius 2 is 0.821 bits per heavy atom. The second-order valence-electron chi connectivity index (χ2n) is 14.2. The number of hydrogen-bond donors (Lipinski definition) is 0. The fraction of sp³-hybridized carbons (Fsp3) is 0. The second kappa shape index (κ2) is 13.1. The minimum atomic E-state index is 0.710. The summed E-state index contributed by atoms with van der Waals surface area (Å²) in [7, 11) is 0. The van der Waals surface area contributed by atoms with Crippen molar-refractivity contribution in [3.8, 4) is 56.4 Å². The van der Waals surface area contributed by atoms with Crippen molar-refractivity contribution in [2.45, 2.75) is 0 Å². The third-order valence-corrected chi connectivity index (χ3v) is 10.9. The maximum atomic E-state index is 5.09. The van der Waals surface area contributed by atoms with Crippen molar-refractivity contribution >= 4 is 43.6 Å². The number of rotatable bonds is 6. The summed E-state index contributed by atoms with van der Waals surface area (Å²) in [4.78, 5) is 10.1. The Bertz CT molecular complexity index is 3160. The van der Waals surface area contributed by atoms with Gasteiger partial charge in [0, 0.05) is 55.2 Å². The molecule has 0 spiro atoms. The van der Waals surface area contributed by atoms with Crippen LogP contribution in [0.1, 0.15) is 0 Å². The van der Waals surface area contributed by atoms with Crippen molar-refractivity contribution in [2.24, 2.45) is 0 Å². The molecule has 4 heteroatoms. The molecule has 11 aromatic rings. The van der Waals surface area contributed by atoms with Crippen LogP contribution in [0, 0.1) is 0 Å². The lowest BCUT2D eigenvalue weighted by molar-refractivity contribution is 1.17. The molecule has 0 aliphatic rings. The molecule has 3 aromatic heterocycles. The van der Waals surface area contributed by atoms with Gasteiger partial charge >= 0.3 is 0 Å². The maximum Gasteiger partial charge on any atom is 0.160 e. The predicted octanol–water partition coefficient (Wildman–Crippen LogP) is 13.3. The van der Waals surface area contributed by atoms with Crippen LogP contribution in [-0.4, -0.2) is 19.1 Å². The lowest BCUT2D eigenvalue weighted by atomic mass is 9.97. The van der Waals surface area contributed by atoms with Gasteiger partial charge in [-0.2, -0.15) is 0 Å². The normalized spacial score (nSPS) is 11.6. The molecule has 0 saturated heterocycles. The smallest absolute Gasteiger partial charge is 0.160 e. The zero-order chi connectivity index (χ0) is 37.0. The van der Waals surface area contributed by atoms with E-state index in [1.165, 1.54) is 49.2 Å². The lowest BCUT2D eigenvalue weighted by Gasteiger charge is -2.13. The fourth-order valence-electron chi connectivity index (χ4n) is 8.45. The molecule has 4 nitrogen and oxygen atoms in total. The van der Waals surface area contributed by atoms with Crippen LogP contribution in [0.15, 0.2) is 206 Å². The monoisotopic (exact) mass is 714 g/mol. The summed E-state index contributed by atoms with van der Waals surface area (Å²) in [6, 6.07) is 73.2. The molecular weight excluding hydrogens is 681 g/mol. The van der Waals surface area contributed by atoms with E-state index in [9.17, 15) is 0 Å². The Morgan fingerprint density at radius 3 is 1.54 bits per heavy atom. The van der Waals surface area contributed by atoms with Crippen LogP contribution < -0.4 is 0 Å². The van der Waals surface area contributed by atoms with Gasteiger partial charge in [-0.15, -0.1) is 0 Å². The fourth-order valence-corrected chi connectivity index (χ4v) is 8.45. The third kappa shape index (κ3) is 5.15. The van der Waals surface area contributed by atoms with Crippen LogP contribution in [0.2, 0.25) is 0 Å². The highest BCUT2D eigenvalue weighted by Gasteiger charge is 2.21. The van der Waals surface area contributed by atoms with Gasteiger partial charge in [0.05, 0.1) is 33.5 Å². The van der Waals surface area contributed by atoms with Crippen LogP contribution in [0.25, 0.3) is 100 Å². The molecule has 0 saturated carbocycles. The van der Waals surface area contributed by atoms with Gasteiger partial charge in [-0.3, -0.25) is 0 Å². The molecule has 0 atom stereocenters. The Hall–Kier alpha value is -7.56. The Labute approximate surface area is 324 Å². The van der Waals surface area contributed by atoms with Crippen LogP contribution in [0.4, 0.5) is 0 Å². The van der Waals surface area contributed by atoms with Crippen molar-refractivity contribution in [1.82, 2.24) is 19.1 Å². The van der Waals surface area contributed by atoms with E-state index in [0.29, 0.717) is 5.82 Å². The highest BCUT2D eigenvalue weighted by Crippen LogP contribution is 2.43. The van der Waals surface area contributed by atoms with E-state index in [1.54, 1.807) is 0 Å². The topological polar surface area (TPSA) is 35.6 Å². The minimum Gasteiger partial charge on any atom is -0.309 e. The summed E-state index contributed by atoms with van der Waals surface area (Å²) in [5.74, 6) is 0.710. The van der Waals surface area contributed by atoms with E-state index in [4.69, 9.17) is 9.97 Å². The van der Waals surface area contributed by atoms with Crippen molar-refractivity contribution in [3.05, 3.63) is 206 Å². The van der Waals surface area contributed by atoms with Crippen LogP contribution >= 0.6 is 0 Å². The molecule has 262 valence electrons. The predicted molar refractivity (Wildman–Crippen MR) is 232 cm³/mol. The SMILES string of the molecule is c1ccc(-c2cc(-c3ccc(-n4c5ccccc5c5c(-c6cccc7c8ccccc8n(-c8ccccc8)c67)cccc54)cc3)nc(-c3ccccc3)n2)cc1. The Kier molecular flexibility index (Phi) is 7.46. The lowest BCUT2D eigenvalue weighted by Crippen LogP contribution is -1.97. The molecule has 0 unspecified atom stereocenters. The Morgan fingerprint density at radius 1 is 0.321 bits per heavy atom. The average Bonchev–Trinajstić information content (AvgIpc) is 3.81. The number of fused-ring (bicyclic) bond motifs is 6. The number of benzene rings is 8. The van der Waals surface area contributed by atoms with Gasteiger partial charge in [-0.25, -0.2) is 9.97 Å². The molecule has 0 aliphatic heterocycles. The first-order chi connectivity index (χ1) is 27.8. The summed E-state index contributed by atoms with van der Waals surface area (Å²) >= 11 is 0. The standard InChI is InChI=1S/C52H34N4/c1-4-16-35(17-5-1)45-34-46(54-52(53-45)37-18-6-2-7-19-37)36-30-32-39(33-31-36)55-48-28-13-11-23-44(48)50-41(24-15-29-49(50)55)43-26-14-25-42-40-22-10-12-27-47(40)56(51(42)43)38-20-8-3-9-21-38/h1-34H. The molecule has 0 amide bonds. The molecule has 56 heavy (non-hydrogen) atoms. The van der Waals surface area contributed by atoms with E-state index < -0.39 is 0 Å². The summed E-state index contributed by atoms with van der Waals surface area (Å²) in [5.41, 5.74) is 14.3. The van der Waals surface area contributed by atoms with Crippen molar-refractivity contribution in [1.29, 1.82) is 0 Å². The largest absolute Gasteiger partial charge is 0.309 e. The van der Waals surface area contributed by atoms with Gasteiger partial charge in [0.15, 0.2) is 5.82 Å². The molecule has 8 aromatic carbocycles. The van der Waals surface area contributed by atoms with Gasteiger partial charge < -0.3 is 9.13 Å². The average molecular weight is 715 g/mol. The summed E-state index contributed by atoms with van der Waals surface area (Å²) in [6.07, 6.45) is 0. The first-order valence-electron chi connectivity index (χ1n) is 19.0. The van der Waals surface area contributed by atoms with Crippen molar-refractivity contribution in [2.75, 3.05) is 0 Å². The van der Waals surface area contributed by atoms with Crippen LogP contribution in [-0.2, 0) is 0 Å². The molecular formula is C52H34N4. The summed E-state index contributed by atoms with van der Waals surface area (Å²) < 4.78 is 4.83. The van der Waals surface area contributed by atoms with E-state index in [2.05, 4.69) is 191 Å². The van der Waals surface area contributed by atoms with Gasteiger partial charge in [-0.1, -0.05) is 158 Å². The second-order valence-corrected chi connectivity index (χ2v) is 14.2. The first-order valence-corrected chi connectivity index (χ1v) is 19.0. The molecule has 0 bridgehead atoms.